The van der Waals surface area contributed by atoms with Crippen molar-refractivity contribution in [1.29, 1.82) is 0 Å². The maximum Gasteiger partial charge on any atom is 0.240 e. The fourth-order valence-corrected chi connectivity index (χ4v) is 3.23. The number of hydrogen-bond donors (Lipinski definition) is 1. The van der Waals surface area contributed by atoms with Gasteiger partial charge in [-0.3, -0.25) is 9.78 Å². The quantitative estimate of drug-likeness (QED) is 0.882. The molecule has 0 spiro atoms. The number of pyridine rings is 1. The van der Waals surface area contributed by atoms with Crippen molar-refractivity contribution in [2.45, 2.75) is 44.2 Å². The zero-order valence-electron chi connectivity index (χ0n) is 11.2. The number of likely N-dealkylation sites (tertiary alicyclic amines) is 1. The van der Waals surface area contributed by atoms with Gasteiger partial charge in [0.2, 0.25) is 5.91 Å². The molecule has 2 fully saturated rings. The molecule has 0 radical (unpaired) electrons. The van der Waals surface area contributed by atoms with Crippen LogP contribution in [0.4, 0.5) is 0 Å². The second-order valence-corrected chi connectivity index (χ2v) is 5.47. The molecule has 2 aliphatic rings. The van der Waals surface area contributed by atoms with E-state index >= 15 is 0 Å². The highest BCUT2D eigenvalue weighted by atomic mass is 16.2. The average Bonchev–Trinajstić information content (AvgIpc) is 2.98. The average molecular weight is 259 g/mol. The molecule has 1 unspecified atom stereocenters. The number of amides is 1. The third-order valence-electron chi connectivity index (χ3n) is 4.24. The Kier molecular flexibility index (Phi) is 3.78. The van der Waals surface area contributed by atoms with Gasteiger partial charge in [-0.25, -0.2) is 0 Å². The van der Waals surface area contributed by atoms with E-state index in [1.807, 2.05) is 24.5 Å². The number of carbonyl (C=O) groups is 1. The summed E-state index contributed by atoms with van der Waals surface area (Å²) >= 11 is 0. The van der Waals surface area contributed by atoms with Crippen LogP contribution in [-0.4, -0.2) is 34.9 Å². The summed E-state index contributed by atoms with van der Waals surface area (Å²) in [6, 6.07) is 4.35. The summed E-state index contributed by atoms with van der Waals surface area (Å²) in [6.45, 7) is 1.87. The van der Waals surface area contributed by atoms with Crippen molar-refractivity contribution in [1.82, 2.24) is 15.2 Å². The first-order valence-electron chi connectivity index (χ1n) is 7.30. The molecule has 0 saturated carbocycles. The molecule has 2 atom stereocenters. The molecule has 102 valence electrons. The summed E-state index contributed by atoms with van der Waals surface area (Å²) in [5.41, 5.74) is 1.22. The maximum absolute atomic E-state index is 12.6. The van der Waals surface area contributed by atoms with Crippen molar-refractivity contribution in [3.63, 3.8) is 0 Å². The second-order valence-electron chi connectivity index (χ2n) is 5.47. The number of hydrogen-bond acceptors (Lipinski definition) is 3. The van der Waals surface area contributed by atoms with Crippen LogP contribution in [0.3, 0.4) is 0 Å². The molecule has 4 heteroatoms. The number of nitrogens with zero attached hydrogens (tertiary/aromatic N) is 2. The van der Waals surface area contributed by atoms with Gasteiger partial charge in [0.1, 0.15) is 0 Å². The van der Waals surface area contributed by atoms with E-state index in [-0.39, 0.29) is 12.1 Å². The van der Waals surface area contributed by atoms with E-state index in [1.165, 1.54) is 12.0 Å². The smallest absolute Gasteiger partial charge is 0.240 e. The lowest BCUT2D eigenvalue weighted by atomic mass is 10.0. The first kappa shape index (κ1) is 12.6. The van der Waals surface area contributed by atoms with E-state index < -0.39 is 0 Å². The van der Waals surface area contributed by atoms with E-state index in [0.717, 1.165) is 38.8 Å². The normalized spacial score (nSPS) is 27.5. The number of piperidine rings is 1. The molecule has 1 aromatic heterocycles. The summed E-state index contributed by atoms with van der Waals surface area (Å²) in [6.07, 6.45) is 9.14. The summed E-state index contributed by atoms with van der Waals surface area (Å²) in [4.78, 5) is 18.8. The summed E-state index contributed by atoms with van der Waals surface area (Å²) in [5, 5.41) is 3.36. The van der Waals surface area contributed by atoms with Gasteiger partial charge in [0.25, 0.3) is 0 Å². The molecular weight excluding hydrogens is 238 g/mol. The van der Waals surface area contributed by atoms with Crippen LogP contribution in [-0.2, 0) is 4.79 Å². The minimum atomic E-state index is 0.0381. The molecule has 1 aromatic rings. The van der Waals surface area contributed by atoms with Crippen LogP contribution in [0.25, 0.3) is 0 Å². The van der Waals surface area contributed by atoms with Crippen LogP contribution >= 0.6 is 0 Å². The van der Waals surface area contributed by atoms with E-state index in [4.69, 9.17) is 0 Å². The Balaban J connectivity index is 1.74. The van der Waals surface area contributed by atoms with Gasteiger partial charge in [0, 0.05) is 18.9 Å². The van der Waals surface area contributed by atoms with Crippen LogP contribution < -0.4 is 5.32 Å². The predicted octanol–water partition coefficient (Wildman–Crippen LogP) is 1.89. The minimum absolute atomic E-state index is 0.0381. The van der Waals surface area contributed by atoms with E-state index in [1.54, 1.807) is 0 Å². The van der Waals surface area contributed by atoms with Gasteiger partial charge in [-0.1, -0.05) is 6.42 Å². The van der Waals surface area contributed by atoms with Gasteiger partial charge in [0.15, 0.2) is 0 Å². The van der Waals surface area contributed by atoms with Crippen molar-refractivity contribution < 1.29 is 4.79 Å². The third-order valence-corrected chi connectivity index (χ3v) is 4.24. The molecule has 19 heavy (non-hydrogen) atoms. The summed E-state index contributed by atoms with van der Waals surface area (Å²) in [5.74, 6) is 0.291. The second kappa shape index (κ2) is 5.70. The van der Waals surface area contributed by atoms with Gasteiger partial charge in [0.05, 0.1) is 12.1 Å². The molecular formula is C15H21N3O. The lowest BCUT2D eigenvalue weighted by Crippen LogP contribution is -2.48. The number of aromatic nitrogens is 1. The highest BCUT2D eigenvalue weighted by Gasteiger charge is 2.34. The van der Waals surface area contributed by atoms with Crippen LogP contribution in [0.2, 0.25) is 0 Å². The summed E-state index contributed by atoms with van der Waals surface area (Å²) < 4.78 is 0. The molecule has 1 amide bonds. The van der Waals surface area contributed by atoms with Crippen LogP contribution in [0, 0.1) is 0 Å². The highest BCUT2D eigenvalue weighted by Crippen LogP contribution is 2.32. The first-order valence-corrected chi connectivity index (χ1v) is 7.30. The zero-order valence-corrected chi connectivity index (χ0v) is 11.2. The van der Waals surface area contributed by atoms with Crippen molar-refractivity contribution in [2.75, 3.05) is 13.1 Å². The molecule has 3 heterocycles. The monoisotopic (exact) mass is 259 g/mol. The van der Waals surface area contributed by atoms with Gasteiger partial charge >= 0.3 is 0 Å². The Hall–Kier alpha value is -1.42. The van der Waals surface area contributed by atoms with Crippen molar-refractivity contribution >= 4 is 5.91 Å². The Morgan fingerprint density at radius 2 is 2.05 bits per heavy atom. The molecule has 2 aliphatic heterocycles. The molecule has 1 N–H and O–H groups in total. The Bertz CT molecular complexity index is 428. The molecule has 0 aliphatic carbocycles. The lowest BCUT2D eigenvalue weighted by molar-refractivity contribution is -0.135. The van der Waals surface area contributed by atoms with Gasteiger partial charge in [-0.15, -0.1) is 0 Å². The minimum Gasteiger partial charge on any atom is -0.334 e. The number of nitrogens with one attached hydrogen (secondary N) is 1. The first-order chi connectivity index (χ1) is 9.36. The fraction of sp³-hybridized carbons (Fsp3) is 0.600. The molecule has 4 nitrogen and oxygen atoms in total. The van der Waals surface area contributed by atoms with Crippen molar-refractivity contribution in [3.05, 3.63) is 30.1 Å². The van der Waals surface area contributed by atoms with Gasteiger partial charge < -0.3 is 10.2 Å². The van der Waals surface area contributed by atoms with E-state index in [0.29, 0.717) is 5.91 Å². The highest BCUT2D eigenvalue weighted by molar-refractivity contribution is 5.82. The number of rotatable bonds is 2. The molecule has 2 saturated heterocycles. The summed E-state index contributed by atoms with van der Waals surface area (Å²) in [7, 11) is 0. The van der Waals surface area contributed by atoms with Crippen LogP contribution in [0.1, 0.15) is 43.7 Å². The third kappa shape index (κ3) is 2.63. The Morgan fingerprint density at radius 3 is 2.79 bits per heavy atom. The Labute approximate surface area is 114 Å². The maximum atomic E-state index is 12.6. The lowest BCUT2D eigenvalue weighted by Gasteiger charge is -2.31. The van der Waals surface area contributed by atoms with E-state index in [9.17, 15) is 4.79 Å². The zero-order chi connectivity index (χ0) is 13.1. The van der Waals surface area contributed by atoms with Crippen molar-refractivity contribution in [2.24, 2.45) is 0 Å². The molecule has 0 aromatic carbocycles. The largest absolute Gasteiger partial charge is 0.334 e. The fourth-order valence-electron chi connectivity index (χ4n) is 3.23. The van der Waals surface area contributed by atoms with Crippen LogP contribution in [0.15, 0.2) is 24.5 Å². The molecule has 0 bridgehead atoms. The van der Waals surface area contributed by atoms with Crippen molar-refractivity contribution in [3.8, 4) is 0 Å². The molecule has 3 rings (SSSR count). The Morgan fingerprint density at radius 1 is 1.21 bits per heavy atom. The topological polar surface area (TPSA) is 45.2 Å². The van der Waals surface area contributed by atoms with Gasteiger partial charge in [-0.2, -0.15) is 0 Å². The van der Waals surface area contributed by atoms with Gasteiger partial charge in [-0.05, 0) is 49.9 Å². The van der Waals surface area contributed by atoms with E-state index in [2.05, 4.69) is 15.2 Å². The predicted molar refractivity (Wildman–Crippen MR) is 73.6 cm³/mol. The number of carbonyl (C=O) groups excluding carboxylic acids is 1. The SMILES string of the molecule is O=C([C@@H]1CCCCN1)N1CCCC1c1ccncc1. The standard InChI is InChI=1S/C15H21N3O/c19-15(13-4-1-2-8-17-13)18-11-3-5-14(18)12-6-9-16-10-7-12/h6-7,9-10,13-14,17H,1-5,8,11H2/t13-,14?/m0/s1. The van der Waals surface area contributed by atoms with Crippen LogP contribution in [0.5, 0.6) is 0 Å².